The van der Waals surface area contributed by atoms with Crippen LogP contribution in [0.3, 0.4) is 0 Å². The third-order valence-electron chi connectivity index (χ3n) is 6.37. The molecule has 4 fully saturated rings. The molecule has 21 heavy (non-hydrogen) atoms. The number of hydrogen-bond acceptors (Lipinski definition) is 3. The Hall–Kier alpha value is -0.810. The Bertz CT molecular complexity index is 424. The van der Waals surface area contributed by atoms with Crippen LogP contribution >= 0.6 is 0 Å². The lowest BCUT2D eigenvalue weighted by atomic mass is 9.46. The van der Waals surface area contributed by atoms with Crippen molar-refractivity contribution in [1.82, 2.24) is 10.6 Å². The van der Waals surface area contributed by atoms with Crippen LogP contribution in [-0.4, -0.2) is 42.0 Å². The summed E-state index contributed by atoms with van der Waals surface area (Å²) >= 11 is 0. The second-order valence-electron chi connectivity index (χ2n) is 7.38. The molecule has 5 atom stereocenters. The Labute approximate surface area is 125 Å². The van der Waals surface area contributed by atoms with Gasteiger partial charge in [-0.1, -0.05) is 19.3 Å². The molecule has 3 saturated carbocycles. The minimum absolute atomic E-state index is 0.0770. The molecule has 1 heterocycles. The van der Waals surface area contributed by atoms with E-state index < -0.39 is 0 Å². The quantitative estimate of drug-likeness (QED) is 0.723. The van der Waals surface area contributed by atoms with Gasteiger partial charge >= 0.3 is 6.03 Å². The molecule has 0 aromatic rings. The molecule has 0 aromatic heterocycles. The lowest BCUT2D eigenvalue weighted by molar-refractivity contribution is -0.172. The summed E-state index contributed by atoms with van der Waals surface area (Å²) in [4.78, 5) is 12.3. The average molecular weight is 294 g/mol. The van der Waals surface area contributed by atoms with E-state index in [4.69, 9.17) is 4.74 Å². The molecule has 0 aromatic carbocycles. The van der Waals surface area contributed by atoms with E-state index in [9.17, 15) is 9.90 Å². The first-order valence-corrected chi connectivity index (χ1v) is 8.57. The second-order valence-corrected chi connectivity index (χ2v) is 7.38. The molecule has 0 bridgehead atoms. The molecule has 118 valence electrons. The molecule has 3 aliphatic carbocycles. The van der Waals surface area contributed by atoms with Crippen LogP contribution in [0.25, 0.3) is 0 Å². The summed E-state index contributed by atoms with van der Waals surface area (Å²) in [5.41, 5.74) is 0.226. The van der Waals surface area contributed by atoms with E-state index >= 15 is 0 Å². The van der Waals surface area contributed by atoms with Crippen LogP contribution in [0.4, 0.5) is 4.79 Å². The zero-order valence-electron chi connectivity index (χ0n) is 12.5. The van der Waals surface area contributed by atoms with Crippen molar-refractivity contribution in [2.75, 3.05) is 6.61 Å². The predicted molar refractivity (Wildman–Crippen MR) is 77.8 cm³/mol. The number of nitrogens with one attached hydrogen (secondary N) is 2. The number of aliphatic hydroxyl groups excluding tert-OH is 1. The maximum atomic E-state index is 12.3. The highest BCUT2D eigenvalue weighted by Gasteiger charge is 2.67. The highest BCUT2D eigenvalue weighted by atomic mass is 16.5. The monoisotopic (exact) mass is 294 g/mol. The van der Waals surface area contributed by atoms with Gasteiger partial charge in [0.15, 0.2) is 0 Å². The smallest absolute Gasteiger partial charge is 0.315 e. The van der Waals surface area contributed by atoms with Crippen molar-refractivity contribution in [3.63, 3.8) is 0 Å². The molecule has 1 spiro atoms. The van der Waals surface area contributed by atoms with E-state index in [2.05, 4.69) is 10.6 Å². The van der Waals surface area contributed by atoms with Gasteiger partial charge in [-0.15, -0.1) is 0 Å². The Kier molecular flexibility index (Phi) is 3.38. The van der Waals surface area contributed by atoms with Gasteiger partial charge in [-0.25, -0.2) is 4.79 Å². The van der Waals surface area contributed by atoms with E-state index in [1.54, 1.807) is 0 Å². The fraction of sp³-hybridized carbons (Fsp3) is 0.938. The van der Waals surface area contributed by atoms with Crippen molar-refractivity contribution in [1.29, 1.82) is 0 Å². The minimum atomic E-state index is -0.383. The fourth-order valence-corrected chi connectivity index (χ4v) is 5.09. The number of carbonyl (C=O) groups is 1. The fourth-order valence-electron chi connectivity index (χ4n) is 5.09. The lowest BCUT2D eigenvalue weighted by Crippen LogP contribution is -2.72. The van der Waals surface area contributed by atoms with Gasteiger partial charge in [-0.3, -0.25) is 0 Å². The second kappa shape index (κ2) is 5.13. The van der Waals surface area contributed by atoms with Crippen molar-refractivity contribution < 1.29 is 14.6 Å². The molecule has 3 N–H and O–H groups in total. The molecule has 1 aliphatic heterocycles. The predicted octanol–water partition coefficient (Wildman–Crippen LogP) is 1.55. The number of aliphatic hydroxyl groups is 1. The van der Waals surface area contributed by atoms with Gasteiger partial charge in [0.25, 0.3) is 0 Å². The van der Waals surface area contributed by atoms with Crippen LogP contribution in [0, 0.1) is 11.3 Å². The van der Waals surface area contributed by atoms with Gasteiger partial charge in [-0.2, -0.15) is 0 Å². The molecular weight excluding hydrogens is 268 g/mol. The van der Waals surface area contributed by atoms with Crippen LogP contribution < -0.4 is 10.6 Å². The molecule has 5 nitrogen and oxygen atoms in total. The standard InChI is InChI=1S/C16H26N2O3/c19-12-5-2-1-4-11(12)17-15(20)18-13-10-6-9-21-14(10)16(13)7-3-8-16/h10-14,19H,1-9H2,(H2,17,18,20). The summed E-state index contributed by atoms with van der Waals surface area (Å²) < 4.78 is 5.88. The van der Waals surface area contributed by atoms with Crippen molar-refractivity contribution in [2.24, 2.45) is 11.3 Å². The maximum Gasteiger partial charge on any atom is 0.315 e. The maximum absolute atomic E-state index is 12.3. The van der Waals surface area contributed by atoms with Crippen molar-refractivity contribution in [3.8, 4) is 0 Å². The number of urea groups is 1. The van der Waals surface area contributed by atoms with Gasteiger partial charge in [0, 0.05) is 24.0 Å². The van der Waals surface area contributed by atoms with E-state index in [0.29, 0.717) is 12.0 Å². The summed E-state index contributed by atoms with van der Waals surface area (Å²) in [6, 6.07) is 0.105. The number of ether oxygens (including phenoxy) is 1. The third kappa shape index (κ3) is 2.08. The minimum Gasteiger partial charge on any atom is -0.391 e. The zero-order chi connectivity index (χ0) is 14.4. The number of amides is 2. The Balaban J connectivity index is 1.36. The molecule has 5 heteroatoms. The summed E-state index contributed by atoms with van der Waals surface area (Å²) in [5, 5.41) is 16.2. The van der Waals surface area contributed by atoms with Crippen LogP contribution in [-0.2, 0) is 4.74 Å². The first-order chi connectivity index (χ1) is 10.2. The van der Waals surface area contributed by atoms with Crippen molar-refractivity contribution in [3.05, 3.63) is 0 Å². The molecule has 4 aliphatic rings. The van der Waals surface area contributed by atoms with Gasteiger partial charge in [-0.05, 0) is 32.1 Å². The van der Waals surface area contributed by atoms with Crippen molar-refractivity contribution >= 4 is 6.03 Å². The Morgan fingerprint density at radius 3 is 2.62 bits per heavy atom. The van der Waals surface area contributed by atoms with Gasteiger partial charge in [0.1, 0.15) is 0 Å². The molecule has 4 rings (SSSR count). The molecule has 0 radical (unpaired) electrons. The Morgan fingerprint density at radius 2 is 1.90 bits per heavy atom. The highest BCUT2D eigenvalue weighted by Crippen LogP contribution is 2.62. The number of hydrogen-bond donors (Lipinski definition) is 3. The van der Waals surface area contributed by atoms with E-state index in [1.165, 1.54) is 19.3 Å². The summed E-state index contributed by atoms with van der Waals surface area (Å²) in [6.07, 6.45) is 8.55. The van der Waals surface area contributed by atoms with Crippen LogP contribution in [0.15, 0.2) is 0 Å². The average Bonchev–Trinajstić information content (AvgIpc) is 2.82. The van der Waals surface area contributed by atoms with E-state index in [0.717, 1.165) is 38.7 Å². The first-order valence-electron chi connectivity index (χ1n) is 8.57. The number of rotatable bonds is 2. The molecule has 5 unspecified atom stereocenters. The first kappa shape index (κ1) is 13.8. The summed E-state index contributed by atoms with van der Waals surface area (Å²) in [6.45, 7) is 0.845. The summed E-state index contributed by atoms with van der Waals surface area (Å²) in [7, 11) is 0. The van der Waals surface area contributed by atoms with Gasteiger partial charge in [0.2, 0.25) is 0 Å². The van der Waals surface area contributed by atoms with Gasteiger partial charge in [0.05, 0.1) is 18.2 Å². The summed E-state index contributed by atoms with van der Waals surface area (Å²) in [5.74, 6) is 0.507. The largest absolute Gasteiger partial charge is 0.391 e. The lowest BCUT2D eigenvalue weighted by Gasteiger charge is -2.63. The van der Waals surface area contributed by atoms with Crippen LogP contribution in [0.2, 0.25) is 0 Å². The zero-order valence-corrected chi connectivity index (χ0v) is 12.5. The van der Waals surface area contributed by atoms with Crippen LogP contribution in [0.5, 0.6) is 0 Å². The molecule has 1 saturated heterocycles. The van der Waals surface area contributed by atoms with E-state index in [-0.39, 0.29) is 29.6 Å². The normalized spacial score (nSPS) is 43.6. The van der Waals surface area contributed by atoms with Crippen LogP contribution in [0.1, 0.15) is 51.4 Å². The SMILES string of the molecule is O=C(NC1CCCCC1O)NC1C2CCOC2C12CCC2. The highest BCUT2D eigenvalue weighted by molar-refractivity contribution is 5.75. The number of fused-ring (bicyclic) bond motifs is 2. The molecular formula is C16H26N2O3. The Morgan fingerprint density at radius 1 is 1.10 bits per heavy atom. The topological polar surface area (TPSA) is 70.6 Å². The van der Waals surface area contributed by atoms with E-state index in [1.807, 2.05) is 0 Å². The molecule has 2 amide bonds. The third-order valence-corrected chi connectivity index (χ3v) is 6.37. The van der Waals surface area contributed by atoms with Crippen molar-refractivity contribution in [2.45, 2.75) is 75.7 Å². The number of carbonyl (C=O) groups excluding carboxylic acids is 1. The van der Waals surface area contributed by atoms with Gasteiger partial charge < -0.3 is 20.5 Å².